The molecule has 3 nitrogen and oxygen atoms in total. The minimum atomic E-state index is -0.529. The summed E-state index contributed by atoms with van der Waals surface area (Å²) in [6, 6.07) is 5.91. The monoisotopic (exact) mass is 223 g/mol. The molecule has 0 heterocycles. The van der Waals surface area contributed by atoms with Crippen LogP contribution in [0.3, 0.4) is 0 Å². The molecule has 90 valence electrons. The molecule has 1 aromatic carbocycles. The summed E-state index contributed by atoms with van der Waals surface area (Å²) in [6.45, 7) is 4.76. The molecule has 1 atom stereocenters. The highest BCUT2D eigenvalue weighted by atomic mass is 16.5. The minimum absolute atomic E-state index is 0.386. The van der Waals surface area contributed by atoms with Gasteiger partial charge in [0, 0.05) is 12.1 Å². The topological polar surface area (TPSA) is 41.5 Å². The van der Waals surface area contributed by atoms with Crippen LogP contribution >= 0.6 is 0 Å². The van der Waals surface area contributed by atoms with Crippen LogP contribution in [0, 0.1) is 0 Å². The van der Waals surface area contributed by atoms with E-state index in [1.54, 1.807) is 7.11 Å². The Balaban J connectivity index is 3.13. The van der Waals surface area contributed by atoms with Gasteiger partial charge in [0.25, 0.3) is 0 Å². The third-order valence-electron chi connectivity index (χ3n) is 2.66. The van der Waals surface area contributed by atoms with E-state index in [1.807, 2.05) is 25.2 Å². The Morgan fingerprint density at radius 1 is 1.31 bits per heavy atom. The highest BCUT2D eigenvalue weighted by molar-refractivity contribution is 5.44. The van der Waals surface area contributed by atoms with Crippen molar-refractivity contribution < 1.29 is 9.84 Å². The second-order valence-corrected chi connectivity index (χ2v) is 4.20. The number of nitrogens with one attached hydrogen (secondary N) is 1. The van der Waals surface area contributed by atoms with Gasteiger partial charge in [-0.05, 0) is 18.5 Å². The Hall–Kier alpha value is -1.06. The van der Waals surface area contributed by atoms with Crippen LogP contribution in [0.2, 0.25) is 0 Å². The van der Waals surface area contributed by atoms with Crippen molar-refractivity contribution in [2.45, 2.75) is 25.9 Å². The molecule has 0 fully saturated rings. The molecule has 16 heavy (non-hydrogen) atoms. The van der Waals surface area contributed by atoms with E-state index in [2.05, 4.69) is 19.2 Å². The van der Waals surface area contributed by atoms with Gasteiger partial charge in [0.05, 0.1) is 13.2 Å². The van der Waals surface area contributed by atoms with Crippen LogP contribution in [-0.4, -0.2) is 25.8 Å². The first kappa shape index (κ1) is 13.0. The van der Waals surface area contributed by atoms with Gasteiger partial charge in [0.15, 0.2) is 0 Å². The number of aliphatic hydroxyl groups is 1. The molecule has 2 N–H and O–H groups in total. The van der Waals surface area contributed by atoms with Gasteiger partial charge < -0.3 is 15.2 Å². The van der Waals surface area contributed by atoms with E-state index in [9.17, 15) is 5.11 Å². The Kier molecular flexibility index (Phi) is 4.77. The van der Waals surface area contributed by atoms with Crippen LogP contribution in [0.25, 0.3) is 0 Å². The number of para-hydroxylation sites is 1. The lowest BCUT2D eigenvalue weighted by Crippen LogP contribution is -2.17. The first-order valence-corrected chi connectivity index (χ1v) is 5.61. The molecule has 0 radical (unpaired) electrons. The summed E-state index contributed by atoms with van der Waals surface area (Å²) >= 11 is 0. The molecule has 0 aliphatic carbocycles. The highest BCUT2D eigenvalue weighted by Gasteiger charge is 2.16. The van der Waals surface area contributed by atoms with Crippen LogP contribution in [0.15, 0.2) is 18.2 Å². The Labute approximate surface area is 97.4 Å². The molecular weight excluding hydrogens is 202 g/mol. The number of ether oxygens (including phenoxy) is 1. The molecule has 1 aromatic rings. The first-order chi connectivity index (χ1) is 7.61. The minimum Gasteiger partial charge on any atom is -0.496 e. The zero-order chi connectivity index (χ0) is 12.1. The maximum Gasteiger partial charge on any atom is 0.128 e. The van der Waals surface area contributed by atoms with Crippen LogP contribution in [-0.2, 0) is 0 Å². The summed E-state index contributed by atoms with van der Waals surface area (Å²) in [5, 5.41) is 13.0. The predicted octanol–water partition coefficient (Wildman–Crippen LogP) is 2.07. The first-order valence-electron chi connectivity index (χ1n) is 5.61. The molecule has 0 aromatic heterocycles. The lowest BCUT2D eigenvalue weighted by Gasteiger charge is -2.19. The molecule has 0 saturated heterocycles. The fourth-order valence-corrected chi connectivity index (χ4v) is 1.83. The summed E-state index contributed by atoms with van der Waals surface area (Å²) in [6.07, 6.45) is -0.529. The average molecular weight is 223 g/mol. The van der Waals surface area contributed by atoms with Crippen molar-refractivity contribution in [3.63, 3.8) is 0 Å². The smallest absolute Gasteiger partial charge is 0.128 e. The van der Waals surface area contributed by atoms with Crippen molar-refractivity contribution in [3.05, 3.63) is 29.3 Å². The van der Waals surface area contributed by atoms with Crippen LogP contribution in [0.1, 0.15) is 37.0 Å². The van der Waals surface area contributed by atoms with Crippen molar-refractivity contribution in [3.8, 4) is 5.75 Å². The Morgan fingerprint density at radius 3 is 2.44 bits per heavy atom. The maximum absolute atomic E-state index is 10.00. The number of hydrogen-bond donors (Lipinski definition) is 2. The van der Waals surface area contributed by atoms with Gasteiger partial charge >= 0.3 is 0 Å². The van der Waals surface area contributed by atoms with Gasteiger partial charge in [0.1, 0.15) is 5.75 Å². The molecule has 3 heteroatoms. The second kappa shape index (κ2) is 5.87. The highest BCUT2D eigenvalue weighted by Crippen LogP contribution is 2.33. The number of methoxy groups -OCH3 is 1. The zero-order valence-electron chi connectivity index (χ0n) is 10.4. The van der Waals surface area contributed by atoms with Crippen molar-refractivity contribution in [2.75, 3.05) is 20.7 Å². The number of hydrogen-bond acceptors (Lipinski definition) is 3. The van der Waals surface area contributed by atoms with E-state index in [4.69, 9.17) is 4.74 Å². The largest absolute Gasteiger partial charge is 0.496 e. The van der Waals surface area contributed by atoms with Crippen molar-refractivity contribution in [2.24, 2.45) is 0 Å². The van der Waals surface area contributed by atoms with E-state index in [-0.39, 0.29) is 0 Å². The van der Waals surface area contributed by atoms with Crippen molar-refractivity contribution >= 4 is 0 Å². The molecule has 0 aliphatic heterocycles. The third kappa shape index (κ3) is 2.74. The van der Waals surface area contributed by atoms with Gasteiger partial charge in [-0.15, -0.1) is 0 Å². The van der Waals surface area contributed by atoms with Crippen LogP contribution in [0.4, 0.5) is 0 Å². The van der Waals surface area contributed by atoms with E-state index >= 15 is 0 Å². The van der Waals surface area contributed by atoms with Gasteiger partial charge in [-0.1, -0.05) is 32.0 Å². The summed E-state index contributed by atoms with van der Waals surface area (Å²) in [5.74, 6) is 1.19. The number of benzene rings is 1. The average Bonchev–Trinajstić information content (AvgIpc) is 2.28. The molecule has 0 bridgehead atoms. The van der Waals surface area contributed by atoms with Gasteiger partial charge in [-0.25, -0.2) is 0 Å². The molecule has 0 saturated carbocycles. The maximum atomic E-state index is 10.00. The van der Waals surface area contributed by atoms with Gasteiger partial charge in [-0.3, -0.25) is 0 Å². The zero-order valence-corrected chi connectivity index (χ0v) is 10.4. The van der Waals surface area contributed by atoms with E-state index in [0.29, 0.717) is 12.5 Å². The second-order valence-electron chi connectivity index (χ2n) is 4.20. The summed E-state index contributed by atoms with van der Waals surface area (Å²) in [4.78, 5) is 0. The molecular formula is C13H21NO2. The molecule has 0 spiro atoms. The third-order valence-corrected chi connectivity index (χ3v) is 2.66. The fraction of sp³-hybridized carbons (Fsp3) is 0.538. The van der Waals surface area contributed by atoms with E-state index < -0.39 is 6.10 Å². The Bertz CT molecular complexity index is 337. The number of aliphatic hydroxyl groups excluding tert-OH is 1. The molecule has 1 unspecified atom stereocenters. The lowest BCUT2D eigenvalue weighted by atomic mass is 9.96. The summed E-state index contributed by atoms with van der Waals surface area (Å²) < 4.78 is 5.42. The van der Waals surface area contributed by atoms with Crippen molar-refractivity contribution in [1.82, 2.24) is 5.32 Å². The number of likely N-dealkylation sites (N-methyl/N-ethyl adjacent to an activating group) is 1. The standard InChI is InChI=1S/C13H21NO2/c1-9(2)10-6-5-7-11(13(10)16-4)12(15)8-14-3/h5-7,9,12,14-15H,8H2,1-4H3. The quantitative estimate of drug-likeness (QED) is 0.803. The van der Waals surface area contributed by atoms with Crippen LogP contribution in [0.5, 0.6) is 5.75 Å². The Morgan fingerprint density at radius 2 is 1.94 bits per heavy atom. The van der Waals surface area contributed by atoms with E-state index in [0.717, 1.165) is 16.9 Å². The van der Waals surface area contributed by atoms with Gasteiger partial charge in [-0.2, -0.15) is 0 Å². The summed E-state index contributed by atoms with van der Waals surface area (Å²) in [5.41, 5.74) is 1.98. The van der Waals surface area contributed by atoms with Gasteiger partial charge in [0.2, 0.25) is 0 Å². The normalized spacial score (nSPS) is 12.9. The fourth-order valence-electron chi connectivity index (χ4n) is 1.83. The van der Waals surface area contributed by atoms with Crippen molar-refractivity contribution in [1.29, 1.82) is 0 Å². The molecule has 0 aliphatic rings. The number of rotatable bonds is 5. The lowest BCUT2D eigenvalue weighted by molar-refractivity contribution is 0.173. The van der Waals surface area contributed by atoms with E-state index in [1.165, 1.54) is 0 Å². The molecule has 1 rings (SSSR count). The summed E-state index contributed by atoms with van der Waals surface area (Å²) in [7, 11) is 3.47. The van der Waals surface area contributed by atoms with Crippen LogP contribution < -0.4 is 10.1 Å². The SMILES string of the molecule is CNCC(O)c1cccc(C(C)C)c1OC. The predicted molar refractivity (Wildman–Crippen MR) is 66.0 cm³/mol. The molecule has 0 amide bonds.